The second-order valence-corrected chi connectivity index (χ2v) is 6.43. The molecule has 1 aromatic carbocycles. The Morgan fingerprint density at radius 2 is 2.21 bits per heavy atom. The van der Waals surface area contributed by atoms with Crippen molar-refractivity contribution in [3.63, 3.8) is 0 Å². The minimum Gasteiger partial charge on any atom is -0.441 e. The highest BCUT2D eigenvalue weighted by molar-refractivity contribution is 5.72. The molecule has 0 aliphatic heterocycles. The number of fused-ring (bicyclic) bond motifs is 1. The SMILES string of the molecule is CC1(C)CCCC1C(N)Cc1nc2ccccc2o1. The van der Waals surface area contributed by atoms with Crippen LogP contribution in [0.1, 0.15) is 39.0 Å². The largest absolute Gasteiger partial charge is 0.441 e. The van der Waals surface area contributed by atoms with Crippen LogP contribution in [0.25, 0.3) is 11.1 Å². The van der Waals surface area contributed by atoms with Gasteiger partial charge < -0.3 is 10.2 Å². The molecule has 1 fully saturated rings. The van der Waals surface area contributed by atoms with Crippen LogP contribution >= 0.6 is 0 Å². The lowest BCUT2D eigenvalue weighted by Crippen LogP contribution is -2.38. The Labute approximate surface area is 114 Å². The predicted octanol–water partition coefficient (Wildman–Crippen LogP) is 3.52. The maximum absolute atomic E-state index is 6.41. The van der Waals surface area contributed by atoms with E-state index < -0.39 is 0 Å². The summed E-state index contributed by atoms with van der Waals surface area (Å²) in [6, 6.07) is 8.03. The Morgan fingerprint density at radius 3 is 2.89 bits per heavy atom. The van der Waals surface area contributed by atoms with Crippen LogP contribution in [-0.4, -0.2) is 11.0 Å². The number of para-hydroxylation sites is 2. The van der Waals surface area contributed by atoms with Gasteiger partial charge in [-0.2, -0.15) is 0 Å². The highest BCUT2D eigenvalue weighted by Crippen LogP contribution is 2.44. The van der Waals surface area contributed by atoms with E-state index in [1.165, 1.54) is 19.3 Å². The topological polar surface area (TPSA) is 52.0 Å². The molecule has 2 unspecified atom stereocenters. The van der Waals surface area contributed by atoms with E-state index >= 15 is 0 Å². The fourth-order valence-electron chi connectivity index (χ4n) is 3.50. The highest BCUT2D eigenvalue weighted by atomic mass is 16.3. The van der Waals surface area contributed by atoms with E-state index in [0.29, 0.717) is 11.3 Å². The van der Waals surface area contributed by atoms with E-state index in [1.54, 1.807) is 0 Å². The molecular weight excluding hydrogens is 236 g/mol. The van der Waals surface area contributed by atoms with Crippen LogP contribution in [0.4, 0.5) is 0 Å². The Morgan fingerprint density at radius 1 is 1.42 bits per heavy atom. The molecule has 102 valence electrons. The molecule has 3 rings (SSSR count). The summed E-state index contributed by atoms with van der Waals surface area (Å²) < 4.78 is 5.78. The van der Waals surface area contributed by atoms with Gasteiger partial charge in [-0.3, -0.25) is 0 Å². The number of oxazole rings is 1. The number of benzene rings is 1. The maximum atomic E-state index is 6.41. The molecule has 0 bridgehead atoms. The molecule has 1 aliphatic rings. The van der Waals surface area contributed by atoms with Crippen molar-refractivity contribution in [1.82, 2.24) is 4.98 Å². The third-order valence-corrected chi connectivity index (χ3v) is 4.61. The maximum Gasteiger partial charge on any atom is 0.197 e. The second-order valence-electron chi connectivity index (χ2n) is 6.43. The Bertz CT molecular complexity index is 540. The van der Waals surface area contributed by atoms with Crippen LogP contribution in [0.3, 0.4) is 0 Å². The van der Waals surface area contributed by atoms with Gasteiger partial charge in [0.15, 0.2) is 11.5 Å². The normalized spacial score (nSPS) is 23.8. The van der Waals surface area contributed by atoms with Crippen molar-refractivity contribution >= 4 is 11.1 Å². The first-order valence-electron chi connectivity index (χ1n) is 7.16. The zero-order valence-corrected chi connectivity index (χ0v) is 11.7. The summed E-state index contributed by atoms with van der Waals surface area (Å²) >= 11 is 0. The van der Waals surface area contributed by atoms with E-state index in [1.807, 2.05) is 24.3 Å². The molecule has 0 radical (unpaired) electrons. The van der Waals surface area contributed by atoms with Crippen LogP contribution in [0.15, 0.2) is 28.7 Å². The molecule has 2 atom stereocenters. The van der Waals surface area contributed by atoms with Crippen molar-refractivity contribution in [2.45, 2.75) is 45.6 Å². The van der Waals surface area contributed by atoms with Crippen LogP contribution in [-0.2, 0) is 6.42 Å². The minimum absolute atomic E-state index is 0.144. The van der Waals surface area contributed by atoms with Gasteiger partial charge in [-0.05, 0) is 36.3 Å². The van der Waals surface area contributed by atoms with Gasteiger partial charge in [-0.25, -0.2) is 4.98 Å². The Hall–Kier alpha value is -1.35. The molecule has 1 aromatic heterocycles. The molecule has 1 saturated carbocycles. The van der Waals surface area contributed by atoms with E-state index in [4.69, 9.17) is 10.2 Å². The highest BCUT2D eigenvalue weighted by Gasteiger charge is 2.38. The van der Waals surface area contributed by atoms with Gasteiger partial charge in [-0.15, -0.1) is 0 Å². The zero-order chi connectivity index (χ0) is 13.5. The van der Waals surface area contributed by atoms with Crippen LogP contribution < -0.4 is 5.73 Å². The average molecular weight is 258 g/mol. The van der Waals surface area contributed by atoms with E-state index in [2.05, 4.69) is 18.8 Å². The number of rotatable bonds is 3. The van der Waals surface area contributed by atoms with Crippen LogP contribution in [0.2, 0.25) is 0 Å². The molecule has 0 saturated heterocycles. The summed E-state index contributed by atoms with van der Waals surface area (Å²) in [4.78, 5) is 4.53. The standard InChI is InChI=1S/C16H22N2O/c1-16(2)9-5-6-11(16)12(17)10-15-18-13-7-3-4-8-14(13)19-15/h3-4,7-8,11-12H,5-6,9-10,17H2,1-2H3. The van der Waals surface area contributed by atoms with Crippen molar-refractivity contribution in [3.8, 4) is 0 Å². The number of aromatic nitrogens is 1. The van der Waals surface area contributed by atoms with E-state index in [9.17, 15) is 0 Å². The lowest BCUT2D eigenvalue weighted by Gasteiger charge is -2.31. The first-order chi connectivity index (χ1) is 9.06. The molecule has 19 heavy (non-hydrogen) atoms. The van der Waals surface area contributed by atoms with Crippen molar-refractivity contribution in [1.29, 1.82) is 0 Å². The van der Waals surface area contributed by atoms with Gasteiger partial charge in [0.25, 0.3) is 0 Å². The number of nitrogens with zero attached hydrogens (tertiary/aromatic N) is 1. The molecule has 3 heteroatoms. The van der Waals surface area contributed by atoms with Gasteiger partial charge in [-0.1, -0.05) is 32.4 Å². The van der Waals surface area contributed by atoms with E-state index in [-0.39, 0.29) is 6.04 Å². The van der Waals surface area contributed by atoms with Gasteiger partial charge in [0.1, 0.15) is 5.52 Å². The lowest BCUT2D eigenvalue weighted by atomic mass is 9.77. The van der Waals surface area contributed by atoms with Crippen molar-refractivity contribution in [2.75, 3.05) is 0 Å². The van der Waals surface area contributed by atoms with Gasteiger partial charge in [0.2, 0.25) is 0 Å². The number of nitrogens with two attached hydrogens (primary N) is 1. The molecular formula is C16H22N2O. The van der Waals surface area contributed by atoms with Crippen LogP contribution in [0.5, 0.6) is 0 Å². The summed E-state index contributed by atoms with van der Waals surface area (Å²) in [6.07, 6.45) is 4.54. The number of hydrogen-bond acceptors (Lipinski definition) is 3. The molecule has 3 nitrogen and oxygen atoms in total. The molecule has 1 aliphatic carbocycles. The fraction of sp³-hybridized carbons (Fsp3) is 0.562. The average Bonchev–Trinajstić information content (AvgIpc) is 2.90. The Balaban J connectivity index is 1.77. The van der Waals surface area contributed by atoms with E-state index in [0.717, 1.165) is 23.4 Å². The second kappa shape index (κ2) is 4.64. The lowest BCUT2D eigenvalue weighted by molar-refractivity contribution is 0.215. The first-order valence-corrected chi connectivity index (χ1v) is 7.16. The molecule has 2 aromatic rings. The van der Waals surface area contributed by atoms with Crippen molar-refractivity contribution < 1.29 is 4.42 Å². The van der Waals surface area contributed by atoms with Gasteiger partial charge in [0, 0.05) is 12.5 Å². The molecule has 0 amide bonds. The summed E-state index contributed by atoms with van der Waals surface area (Å²) in [6.45, 7) is 4.66. The fourth-order valence-corrected chi connectivity index (χ4v) is 3.50. The smallest absolute Gasteiger partial charge is 0.197 e. The summed E-state index contributed by atoms with van der Waals surface area (Å²) in [5.74, 6) is 1.35. The summed E-state index contributed by atoms with van der Waals surface area (Å²) in [5.41, 5.74) is 8.54. The third kappa shape index (κ3) is 2.39. The monoisotopic (exact) mass is 258 g/mol. The van der Waals surface area contributed by atoms with Gasteiger partial charge >= 0.3 is 0 Å². The zero-order valence-electron chi connectivity index (χ0n) is 11.7. The number of hydrogen-bond donors (Lipinski definition) is 1. The quantitative estimate of drug-likeness (QED) is 0.916. The molecule has 0 spiro atoms. The van der Waals surface area contributed by atoms with Crippen molar-refractivity contribution in [2.24, 2.45) is 17.1 Å². The van der Waals surface area contributed by atoms with Gasteiger partial charge in [0.05, 0.1) is 0 Å². The first kappa shape index (κ1) is 12.7. The van der Waals surface area contributed by atoms with Crippen molar-refractivity contribution in [3.05, 3.63) is 30.2 Å². The summed E-state index contributed by atoms with van der Waals surface area (Å²) in [7, 11) is 0. The molecule has 1 heterocycles. The third-order valence-electron chi connectivity index (χ3n) is 4.61. The summed E-state index contributed by atoms with van der Waals surface area (Å²) in [5, 5.41) is 0. The predicted molar refractivity (Wildman–Crippen MR) is 76.8 cm³/mol. The van der Waals surface area contributed by atoms with Crippen LogP contribution in [0, 0.1) is 11.3 Å². The molecule has 2 N–H and O–H groups in total. The minimum atomic E-state index is 0.144. The Kier molecular flexibility index (Phi) is 3.09.